The highest BCUT2D eigenvalue weighted by atomic mass is 15.2. The summed E-state index contributed by atoms with van der Waals surface area (Å²) in [4.78, 5) is 2.48. The van der Waals surface area contributed by atoms with E-state index in [9.17, 15) is 5.26 Å². The number of hydrogen-bond donors (Lipinski definition) is 1. The lowest BCUT2D eigenvalue weighted by Crippen LogP contribution is -2.47. The zero-order valence-electron chi connectivity index (χ0n) is 12.7. The minimum atomic E-state index is -0.293. The highest BCUT2D eigenvalue weighted by Gasteiger charge is 2.41. The lowest BCUT2D eigenvalue weighted by molar-refractivity contribution is 0.171. The maximum Gasteiger partial charge on any atom is 0.108 e. The molecule has 1 aliphatic rings. The third-order valence-electron chi connectivity index (χ3n) is 4.25. The van der Waals surface area contributed by atoms with Crippen molar-refractivity contribution in [2.75, 3.05) is 7.05 Å². The van der Waals surface area contributed by atoms with Crippen LogP contribution < -0.4 is 5.32 Å². The Kier molecular flexibility index (Phi) is 5.62. The van der Waals surface area contributed by atoms with Gasteiger partial charge in [-0.05, 0) is 53.5 Å². The molecule has 0 aliphatic heterocycles. The second kappa shape index (κ2) is 6.54. The fraction of sp³-hybridized carbons (Fsp3) is 0.933. The van der Waals surface area contributed by atoms with Gasteiger partial charge in [-0.3, -0.25) is 5.32 Å². The van der Waals surface area contributed by atoms with Crippen molar-refractivity contribution in [2.45, 2.75) is 83.5 Å². The van der Waals surface area contributed by atoms with Gasteiger partial charge in [0.05, 0.1) is 6.07 Å². The Labute approximate surface area is 113 Å². The molecular weight excluding hydrogens is 222 g/mol. The quantitative estimate of drug-likeness (QED) is 0.789. The van der Waals surface area contributed by atoms with E-state index >= 15 is 0 Å². The SMILES string of the molecule is CCCC(C)N(C)C1CCC(C#N)(NC(C)C)C1. The van der Waals surface area contributed by atoms with E-state index in [1.807, 2.05) is 0 Å². The maximum absolute atomic E-state index is 9.48. The van der Waals surface area contributed by atoms with Crippen LogP contribution in [0.3, 0.4) is 0 Å². The van der Waals surface area contributed by atoms with Gasteiger partial charge in [0.25, 0.3) is 0 Å². The smallest absolute Gasteiger partial charge is 0.108 e. The van der Waals surface area contributed by atoms with E-state index in [-0.39, 0.29) is 5.54 Å². The van der Waals surface area contributed by atoms with Gasteiger partial charge in [-0.2, -0.15) is 5.26 Å². The van der Waals surface area contributed by atoms with Crippen LogP contribution in [0, 0.1) is 11.3 Å². The van der Waals surface area contributed by atoms with Gasteiger partial charge >= 0.3 is 0 Å². The predicted octanol–water partition coefficient (Wildman–Crippen LogP) is 2.92. The van der Waals surface area contributed by atoms with Crippen molar-refractivity contribution in [3.63, 3.8) is 0 Å². The summed E-state index contributed by atoms with van der Waals surface area (Å²) in [5, 5.41) is 12.9. The number of nitriles is 1. The number of hydrogen-bond acceptors (Lipinski definition) is 3. The van der Waals surface area contributed by atoms with Crippen molar-refractivity contribution in [2.24, 2.45) is 0 Å². The molecule has 0 heterocycles. The van der Waals surface area contributed by atoms with Crippen LogP contribution in [0.2, 0.25) is 0 Å². The van der Waals surface area contributed by atoms with Crippen LogP contribution in [0.15, 0.2) is 0 Å². The topological polar surface area (TPSA) is 39.1 Å². The van der Waals surface area contributed by atoms with E-state index in [4.69, 9.17) is 0 Å². The van der Waals surface area contributed by atoms with E-state index in [1.165, 1.54) is 12.8 Å². The molecule has 3 atom stereocenters. The second-order valence-electron chi connectivity index (χ2n) is 6.19. The summed E-state index contributed by atoms with van der Waals surface area (Å²) in [5.74, 6) is 0. The molecule has 0 aromatic heterocycles. The van der Waals surface area contributed by atoms with E-state index < -0.39 is 0 Å². The van der Waals surface area contributed by atoms with E-state index in [0.29, 0.717) is 18.1 Å². The molecule has 0 saturated heterocycles. The van der Waals surface area contributed by atoms with Gasteiger partial charge in [0.15, 0.2) is 0 Å². The van der Waals surface area contributed by atoms with Gasteiger partial charge < -0.3 is 4.90 Å². The molecule has 104 valence electrons. The predicted molar refractivity (Wildman–Crippen MR) is 76.4 cm³/mol. The lowest BCUT2D eigenvalue weighted by atomic mass is 9.98. The Hall–Kier alpha value is -0.590. The van der Waals surface area contributed by atoms with Crippen molar-refractivity contribution in [3.05, 3.63) is 0 Å². The largest absolute Gasteiger partial charge is 0.301 e. The molecule has 0 spiro atoms. The first-order chi connectivity index (χ1) is 8.44. The first-order valence-corrected chi connectivity index (χ1v) is 7.35. The molecule has 3 unspecified atom stereocenters. The summed E-state index contributed by atoms with van der Waals surface area (Å²) < 4.78 is 0. The van der Waals surface area contributed by atoms with Gasteiger partial charge in [0.2, 0.25) is 0 Å². The van der Waals surface area contributed by atoms with Gasteiger partial charge in [0.1, 0.15) is 5.54 Å². The van der Waals surface area contributed by atoms with Gasteiger partial charge in [-0.1, -0.05) is 13.3 Å². The summed E-state index contributed by atoms with van der Waals surface area (Å²) >= 11 is 0. The monoisotopic (exact) mass is 251 g/mol. The molecule has 0 aromatic carbocycles. The Morgan fingerprint density at radius 2 is 2.11 bits per heavy atom. The van der Waals surface area contributed by atoms with E-state index in [0.717, 1.165) is 19.3 Å². The molecule has 1 saturated carbocycles. The van der Waals surface area contributed by atoms with Crippen molar-refractivity contribution in [1.82, 2.24) is 10.2 Å². The number of nitrogens with one attached hydrogen (secondary N) is 1. The number of nitrogens with zero attached hydrogens (tertiary/aromatic N) is 2. The Morgan fingerprint density at radius 3 is 2.61 bits per heavy atom. The molecule has 3 nitrogen and oxygen atoms in total. The van der Waals surface area contributed by atoms with Crippen LogP contribution >= 0.6 is 0 Å². The molecule has 0 radical (unpaired) electrons. The summed E-state index contributed by atoms with van der Waals surface area (Å²) in [6, 6.07) is 4.08. The Bertz CT molecular complexity index is 295. The summed E-state index contributed by atoms with van der Waals surface area (Å²) in [6.45, 7) is 8.77. The minimum Gasteiger partial charge on any atom is -0.301 e. The van der Waals surface area contributed by atoms with Gasteiger partial charge in [-0.25, -0.2) is 0 Å². The maximum atomic E-state index is 9.48. The normalized spacial score (nSPS) is 29.8. The first kappa shape index (κ1) is 15.5. The van der Waals surface area contributed by atoms with Crippen LogP contribution in [-0.4, -0.2) is 35.6 Å². The fourth-order valence-electron chi connectivity index (χ4n) is 3.17. The molecule has 0 amide bonds. The summed E-state index contributed by atoms with van der Waals surface area (Å²) in [6.07, 6.45) is 5.55. The average Bonchev–Trinajstić information content (AvgIpc) is 2.72. The van der Waals surface area contributed by atoms with Crippen LogP contribution in [0.4, 0.5) is 0 Å². The Balaban J connectivity index is 2.61. The molecule has 18 heavy (non-hydrogen) atoms. The fourth-order valence-corrected chi connectivity index (χ4v) is 3.17. The van der Waals surface area contributed by atoms with Crippen LogP contribution in [0.25, 0.3) is 0 Å². The molecular formula is C15H29N3. The van der Waals surface area contributed by atoms with Gasteiger partial charge in [-0.15, -0.1) is 0 Å². The molecule has 1 aliphatic carbocycles. The second-order valence-corrected chi connectivity index (χ2v) is 6.19. The van der Waals surface area contributed by atoms with E-state index in [1.54, 1.807) is 0 Å². The molecule has 1 N–H and O–H groups in total. The number of rotatable bonds is 6. The van der Waals surface area contributed by atoms with Gasteiger partial charge in [0, 0.05) is 18.1 Å². The minimum absolute atomic E-state index is 0.293. The zero-order chi connectivity index (χ0) is 13.8. The van der Waals surface area contributed by atoms with Crippen LogP contribution in [0.5, 0.6) is 0 Å². The van der Waals surface area contributed by atoms with Crippen molar-refractivity contribution in [3.8, 4) is 6.07 Å². The lowest BCUT2D eigenvalue weighted by Gasteiger charge is -2.32. The molecule has 0 bridgehead atoms. The zero-order valence-corrected chi connectivity index (χ0v) is 12.7. The third kappa shape index (κ3) is 3.70. The van der Waals surface area contributed by atoms with Crippen molar-refractivity contribution in [1.29, 1.82) is 5.26 Å². The first-order valence-electron chi connectivity index (χ1n) is 7.35. The third-order valence-corrected chi connectivity index (χ3v) is 4.25. The summed E-state index contributed by atoms with van der Waals surface area (Å²) in [7, 11) is 2.22. The summed E-state index contributed by atoms with van der Waals surface area (Å²) in [5.41, 5.74) is -0.293. The Morgan fingerprint density at radius 1 is 1.44 bits per heavy atom. The van der Waals surface area contributed by atoms with Crippen molar-refractivity contribution < 1.29 is 0 Å². The van der Waals surface area contributed by atoms with E-state index in [2.05, 4.69) is 51.0 Å². The van der Waals surface area contributed by atoms with Crippen molar-refractivity contribution >= 4 is 0 Å². The average molecular weight is 251 g/mol. The molecule has 1 rings (SSSR count). The standard InChI is InChI=1S/C15H29N3/c1-6-7-13(4)18(5)14-8-9-15(10-14,11-16)17-12(2)3/h12-14,17H,6-10H2,1-5H3. The molecule has 1 fully saturated rings. The van der Waals surface area contributed by atoms with Crippen LogP contribution in [0.1, 0.15) is 59.8 Å². The molecule has 0 aromatic rings. The highest BCUT2D eigenvalue weighted by Crippen LogP contribution is 2.33. The highest BCUT2D eigenvalue weighted by molar-refractivity contribution is 5.14. The molecule has 3 heteroatoms. The van der Waals surface area contributed by atoms with Crippen LogP contribution in [-0.2, 0) is 0 Å².